The second-order valence-corrected chi connectivity index (χ2v) is 6.91. The van der Waals surface area contributed by atoms with Gasteiger partial charge in [0.1, 0.15) is 11.9 Å². The Labute approximate surface area is 158 Å². The van der Waals surface area contributed by atoms with E-state index >= 15 is 0 Å². The summed E-state index contributed by atoms with van der Waals surface area (Å²) in [5, 5.41) is 0.161. The molecule has 1 aliphatic heterocycles. The van der Waals surface area contributed by atoms with E-state index in [1.54, 1.807) is 13.0 Å². The summed E-state index contributed by atoms with van der Waals surface area (Å²) in [5.74, 6) is -0.569. The smallest absolute Gasteiger partial charge is 0.416 e. The van der Waals surface area contributed by atoms with Crippen molar-refractivity contribution in [2.24, 2.45) is 0 Å². The lowest BCUT2D eigenvalue weighted by Gasteiger charge is -2.22. The Morgan fingerprint density at radius 2 is 1.93 bits per heavy atom. The number of cyclic esters (lactones) is 1. The Morgan fingerprint density at radius 1 is 1.22 bits per heavy atom. The van der Waals surface area contributed by atoms with Crippen LogP contribution in [0.2, 0.25) is 5.02 Å². The van der Waals surface area contributed by atoms with Gasteiger partial charge in [-0.05, 0) is 43.7 Å². The van der Waals surface area contributed by atoms with Gasteiger partial charge in [0.25, 0.3) is 0 Å². The molecule has 0 aromatic heterocycles. The Kier molecular flexibility index (Phi) is 5.08. The minimum absolute atomic E-state index is 0.129. The molecule has 1 aliphatic rings. The molecule has 27 heavy (non-hydrogen) atoms. The monoisotopic (exact) mass is 401 g/mol. The van der Waals surface area contributed by atoms with Crippen molar-refractivity contribution in [1.29, 1.82) is 0 Å². The van der Waals surface area contributed by atoms with Crippen LogP contribution in [0.4, 0.5) is 22.4 Å². The quantitative estimate of drug-likeness (QED) is 0.600. The Morgan fingerprint density at radius 3 is 2.56 bits per heavy atom. The molecule has 1 amide bonds. The number of aryl methyl sites for hydroxylation is 1. The van der Waals surface area contributed by atoms with Crippen LogP contribution in [0.3, 0.4) is 0 Å². The van der Waals surface area contributed by atoms with E-state index in [9.17, 15) is 22.4 Å². The molecule has 2 atom stereocenters. The SMILES string of the molecule is Cc1cc([C@H]2OC(=O)N(Cc3c(F)cccc3Cl)[C@H]2C)cc(C(F)(F)F)c1. The van der Waals surface area contributed by atoms with Gasteiger partial charge < -0.3 is 4.74 Å². The molecule has 0 N–H and O–H groups in total. The molecule has 2 aromatic rings. The third-order valence-corrected chi connectivity index (χ3v) is 4.89. The maximum atomic E-state index is 14.0. The van der Waals surface area contributed by atoms with Crippen molar-refractivity contribution in [1.82, 2.24) is 4.90 Å². The minimum atomic E-state index is -4.51. The fourth-order valence-electron chi connectivity index (χ4n) is 3.15. The molecule has 0 spiro atoms. The molecule has 8 heteroatoms. The summed E-state index contributed by atoms with van der Waals surface area (Å²) < 4.78 is 58.6. The van der Waals surface area contributed by atoms with Gasteiger partial charge in [-0.2, -0.15) is 13.2 Å². The molecule has 3 nitrogen and oxygen atoms in total. The Bertz CT molecular complexity index is 864. The highest BCUT2D eigenvalue weighted by Crippen LogP contribution is 2.38. The highest BCUT2D eigenvalue weighted by atomic mass is 35.5. The molecule has 0 saturated carbocycles. The second-order valence-electron chi connectivity index (χ2n) is 6.50. The highest BCUT2D eigenvalue weighted by Gasteiger charge is 2.41. The van der Waals surface area contributed by atoms with E-state index < -0.39 is 35.8 Å². The maximum Gasteiger partial charge on any atom is 0.416 e. The molecular weight excluding hydrogens is 386 g/mol. The largest absolute Gasteiger partial charge is 0.439 e. The molecule has 144 valence electrons. The lowest BCUT2D eigenvalue weighted by Crippen LogP contribution is -2.32. The van der Waals surface area contributed by atoms with Crippen LogP contribution in [0.15, 0.2) is 36.4 Å². The lowest BCUT2D eigenvalue weighted by molar-refractivity contribution is -0.137. The number of ether oxygens (including phenoxy) is 1. The van der Waals surface area contributed by atoms with E-state index in [1.165, 1.54) is 30.0 Å². The number of alkyl halides is 3. The van der Waals surface area contributed by atoms with Crippen LogP contribution >= 0.6 is 11.6 Å². The molecule has 1 fully saturated rings. The van der Waals surface area contributed by atoms with Gasteiger partial charge in [0.2, 0.25) is 0 Å². The van der Waals surface area contributed by atoms with Crippen molar-refractivity contribution < 1.29 is 27.1 Å². The van der Waals surface area contributed by atoms with Crippen LogP contribution in [0, 0.1) is 12.7 Å². The molecule has 0 unspecified atom stereocenters. The first kappa shape index (κ1) is 19.5. The second kappa shape index (κ2) is 7.03. The lowest BCUT2D eigenvalue weighted by atomic mass is 9.98. The fraction of sp³-hybridized carbons (Fsp3) is 0.316. The molecule has 1 heterocycles. The third-order valence-electron chi connectivity index (χ3n) is 4.54. The summed E-state index contributed by atoms with van der Waals surface area (Å²) in [4.78, 5) is 13.5. The van der Waals surface area contributed by atoms with E-state index in [-0.39, 0.29) is 22.7 Å². The molecule has 1 saturated heterocycles. The first-order chi connectivity index (χ1) is 12.6. The summed E-state index contributed by atoms with van der Waals surface area (Å²) in [7, 11) is 0. The van der Waals surface area contributed by atoms with E-state index in [4.69, 9.17) is 16.3 Å². The van der Waals surface area contributed by atoms with Crippen LogP contribution in [-0.2, 0) is 17.5 Å². The van der Waals surface area contributed by atoms with Crippen molar-refractivity contribution in [2.45, 2.75) is 38.7 Å². The van der Waals surface area contributed by atoms with Crippen LogP contribution in [0.5, 0.6) is 0 Å². The van der Waals surface area contributed by atoms with Crippen molar-refractivity contribution in [2.75, 3.05) is 0 Å². The molecule has 0 aliphatic carbocycles. The number of carbonyl (C=O) groups excluding carboxylic acids is 1. The topological polar surface area (TPSA) is 29.5 Å². The van der Waals surface area contributed by atoms with E-state index in [0.717, 1.165) is 12.1 Å². The van der Waals surface area contributed by atoms with Gasteiger partial charge in [0, 0.05) is 10.6 Å². The van der Waals surface area contributed by atoms with Crippen LogP contribution < -0.4 is 0 Å². The van der Waals surface area contributed by atoms with Crippen molar-refractivity contribution in [3.05, 3.63) is 69.5 Å². The summed E-state index contributed by atoms with van der Waals surface area (Å²) >= 11 is 6.00. The molecule has 3 rings (SSSR count). The average Bonchev–Trinajstić information content (AvgIpc) is 2.84. The van der Waals surface area contributed by atoms with Crippen molar-refractivity contribution >= 4 is 17.7 Å². The first-order valence-electron chi connectivity index (χ1n) is 8.17. The van der Waals surface area contributed by atoms with E-state index in [1.807, 2.05) is 0 Å². The number of rotatable bonds is 3. The molecular formula is C19H16ClF4NO2. The van der Waals surface area contributed by atoms with Crippen molar-refractivity contribution in [3.8, 4) is 0 Å². The number of amides is 1. The molecule has 0 radical (unpaired) electrons. The first-order valence-corrected chi connectivity index (χ1v) is 8.54. The normalized spacial score (nSPS) is 20.1. The third kappa shape index (κ3) is 3.88. The Hall–Kier alpha value is -2.28. The summed E-state index contributed by atoms with van der Waals surface area (Å²) in [6, 6.07) is 7.12. The molecule has 0 bridgehead atoms. The van der Waals surface area contributed by atoms with Crippen LogP contribution in [-0.4, -0.2) is 17.0 Å². The maximum absolute atomic E-state index is 14.0. The summed E-state index contributed by atoms with van der Waals surface area (Å²) in [5.41, 5.74) is -0.0378. The van der Waals surface area contributed by atoms with Crippen molar-refractivity contribution in [3.63, 3.8) is 0 Å². The summed E-state index contributed by atoms with van der Waals surface area (Å²) in [6.07, 6.45) is -6.14. The predicted molar refractivity (Wildman–Crippen MR) is 91.8 cm³/mol. The number of benzene rings is 2. The number of carbonyl (C=O) groups is 1. The molecule has 2 aromatic carbocycles. The fourth-order valence-corrected chi connectivity index (χ4v) is 3.38. The van der Waals surface area contributed by atoms with E-state index in [0.29, 0.717) is 5.56 Å². The van der Waals surface area contributed by atoms with Gasteiger partial charge in [-0.1, -0.05) is 29.3 Å². The average molecular weight is 402 g/mol. The Balaban J connectivity index is 1.91. The van der Waals surface area contributed by atoms with Gasteiger partial charge >= 0.3 is 12.3 Å². The van der Waals surface area contributed by atoms with Gasteiger partial charge in [0.15, 0.2) is 0 Å². The zero-order chi connectivity index (χ0) is 19.9. The number of nitrogens with zero attached hydrogens (tertiary/aromatic N) is 1. The number of hydrogen-bond donors (Lipinski definition) is 0. The van der Waals surface area contributed by atoms with Crippen LogP contribution in [0.25, 0.3) is 0 Å². The zero-order valence-corrected chi connectivity index (χ0v) is 15.2. The highest BCUT2D eigenvalue weighted by molar-refractivity contribution is 6.31. The van der Waals surface area contributed by atoms with Crippen LogP contribution in [0.1, 0.15) is 35.3 Å². The standard InChI is InChI=1S/C19H16ClF4NO2/c1-10-6-12(8-13(7-10)19(22,23)24)17-11(2)25(18(26)27-17)9-14-15(20)4-3-5-16(14)21/h3-8,11,17H,9H2,1-2H3/t11-,17-/m0/s1. The number of halogens is 5. The van der Waals surface area contributed by atoms with Gasteiger partial charge in [0.05, 0.1) is 18.2 Å². The predicted octanol–water partition coefficient (Wildman–Crippen LogP) is 5.89. The summed E-state index contributed by atoms with van der Waals surface area (Å²) in [6.45, 7) is 3.04. The van der Waals surface area contributed by atoms with E-state index in [2.05, 4.69) is 0 Å². The number of hydrogen-bond acceptors (Lipinski definition) is 2. The van der Waals surface area contributed by atoms with Gasteiger partial charge in [-0.25, -0.2) is 9.18 Å². The van der Waals surface area contributed by atoms with Gasteiger partial charge in [-0.3, -0.25) is 4.90 Å². The zero-order valence-electron chi connectivity index (χ0n) is 14.5. The van der Waals surface area contributed by atoms with Gasteiger partial charge in [-0.15, -0.1) is 0 Å². The minimum Gasteiger partial charge on any atom is -0.439 e.